The second-order valence-electron chi connectivity index (χ2n) is 6.84. The van der Waals surface area contributed by atoms with Gasteiger partial charge in [0.2, 0.25) is 5.95 Å². The third kappa shape index (κ3) is 3.62. The van der Waals surface area contributed by atoms with Crippen molar-refractivity contribution in [1.82, 2.24) is 9.78 Å². The Morgan fingerprint density at radius 2 is 1.96 bits per heavy atom. The van der Waals surface area contributed by atoms with Crippen molar-refractivity contribution in [1.29, 1.82) is 0 Å². The Morgan fingerprint density at radius 3 is 2.46 bits per heavy atom. The van der Waals surface area contributed by atoms with Gasteiger partial charge in [0.15, 0.2) is 6.23 Å². The van der Waals surface area contributed by atoms with E-state index in [9.17, 15) is 9.50 Å². The number of halogens is 1. The van der Waals surface area contributed by atoms with E-state index in [-0.39, 0.29) is 5.92 Å². The van der Waals surface area contributed by atoms with Gasteiger partial charge in [0.25, 0.3) is 0 Å². The molecule has 0 saturated heterocycles. The van der Waals surface area contributed by atoms with Crippen molar-refractivity contribution >= 4 is 5.69 Å². The van der Waals surface area contributed by atoms with Crippen molar-refractivity contribution in [3.63, 3.8) is 0 Å². The minimum atomic E-state index is -0.983. The minimum Gasteiger partial charge on any atom is -0.385 e. The van der Waals surface area contributed by atoms with Crippen LogP contribution in [0.25, 0.3) is 0 Å². The zero-order chi connectivity index (χ0) is 19.5. The molecule has 0 aliphatic heterocycles. The van der Waals surface area contributed by atoms with E-state index in [1.807, 2.05) is 52.0 Å². The maximum Gasteiger partial charge on any atom is 0.219 e. The zero-order valence-electron chi connectivity index (χ0n) is 16.5. The van der Waals surface area contributed by atoms with Crippen molar-refractivity contribution in [3.8, 4) is 0 Å². The number of nitrogens with one attached hydrogen (secondary N) is 1. The third-order valence-corrected chi connectivity index (χ3v) is 5.08. The average molecular weight is 363 g/mol. The van der Waals surface area contributed by atoms with Crippen LogP contribution in [0.1, 0.15) is 57.2 Å². The van der Waals surface area contributed by atoms with Gasteiger partial charge in [0, 0.05) is 24.9 Å². The van der Waals surface area contributed by atoms with Crippen molar-refractivity contribution in [2.24, 2.45) is 5.92 Å². The number of anilines is 1. The smallest absolute Gasteiger partial charge is 0.219 e. The Morgan fingerprint density at radius 1 is 1.31 bits per heavy atom. The van der Waals surface area contributed by atoms with Crippen molar-refractivity contribution in [2.75, 3.05) is 12.4 Å². The van der Waals surface area contributed by atoms with E-state index in [1.54, 1.807) is 6.92 Å². The Kier molecular flexibility index (Phi) is 6.42. The summed E-state index contributed by atoms with van der Waals surface area (Å²) in [5.74, 6) is -0.380. The number of hydrogen-bond acceptors (Lipinski definition) is 4. The molecule has 2 atom stereocenters. The predicted octanol–water partition coefficient (Wildman–Crippen LogP) is 4.36. The van der Waals surface area contributed by atoms with Gasteiger partial charge in [0.05, 0.1) is 16.9 Å². The average Bonchev–Trinajstić information content (AvgIpc) is 2.92. The number of rotatable bonds is 8. The second kappa shape index (κ2) is 8.18. The van der Waals surface area contributed by atoms with Crippen LogP contribution in [0, 0.1) is 18.8 Å². The first-order valence-corrected chi connectivity index (χ1v) is 9.14. The first-order valence-electron chi connectivity index (χ1n) is 9.14. The van der Waals surface area contributed by atoms with Gasteiger partial charge in [-0.25, -0.2) is 4.68 Å². The molecule has 26 heavy (non-hydrogen) atoms. The highest BCUT2D eigenvalue weighted by atomic mass is 19.1. The first-order chi connectivity index (χ1) is 12.3. The van der Waals surface area contributed by atoms with Crippen LogP contribution in [0.4, 0.5) is 10.1 Å². The van der Waals surface area contributed by atoms with Gasteiger partial charge in [-0.3, -0.25) is 0 Å². The normalized spacial score (nSPS) is 15.1. The molecule has 144 valence electrons. The molecule has 1 heterocycles. The van der Waals surface area contributed by atoms with E-state index in [0.717, 1.165) is 11.3 Å². The van der Waals surface area contributed by atoms with Crippen LogP contribution in [-0.4, -0.2) is 22.0 Å². The second-order valence-corrected chi connectivity index (χ2v) is 6.84. The number of benzene rings is 1. The molecule has 2 rings (SSSR count). The van der Waals surface area contributed by atoms with Gasteiger partial charge >= 0.3 is 0 Å². The molecule has 2 unspecified atom stereocenters. The van der Waals surface area contributed by atoms with E-state index < -0.39 is 17.8 Å². The van der Waals surface area contributed by atoms with E-state index >= 15 is 0 Å². The molecular weight excluding hydrogens is 333 g/mol. The summed E-state index contributed by atoms with van der Waals surface area (Å²) in [5.41, 5.74) is 1.48. The van der Waals surface area contributed by atoms with E-state index in [0.29, 0.717) is 24.2 Å². The lowest BCUT2D eigenvalue weighted by Gasteiger charge is -2.34. The maximum absolute atomic E-state index is 14.7. The van der Waals surface area contributed by atoms with Gasteiger partial charge < -0.3 is 15.2 Å². The van der Waals surface area contributed by atoms with Crippen LogP contribution in [-0.2, 0) is 16.9 Å². The van der Waals surface area contributed by atoms with Gasteiger partial charge in [-0.05, 0) is 32.3 Å². The highest BCUT2D eigenvalue weighted by Gasteiger charge is 2.34. The summed E-state index contributed by atoms with van der Waals surface area (Å²) >= 11 is 0. The monoisotopic (exact) mass is 363 g/mol. The highest BCUT2D eigenvalue weighted by molar-refractivity contribution is 5.55. The molecule has 1 aromatic carbocycles. The standard InChI is InChI=1S/C20H30FN3O2/c1-7-20(25,13(3)4)15-11-9-10-12-16(15)22-19(26-6)17-14(5)23-24(8-2)18(17)21/h9-13,19,22,25H,7-8H2,1-6H3. The summed E-state index contributed by atoms with van der Waals surface area (Å²) in [6, 6.07) is 7.55. The Hall–Kier alpha value is -1.92. The molecule has 2 N–H and O–H groups in total. The number of aryl methyl sites for hydroxylation is 2. The highest BCUT2D eigenvalue weighted by Crippen LogP contribution is 2.38. The van der Waals surface area contributed by atoms with Crippen LogP contribution in [0.2, 0.25) is 0 Å². The maximum atomic E-state index is 14.7. The quantitative estimate of drug-likeness (QED) is 0.684. The van der Waals surface area contributed by atoms with Gasteiger partial charge in [-0.2, -0.15) is 9.49 Å². The van der Waals surface area contributed by atoms with Crippen LogP contribution in [0.3, 0.4) is 0 Å². The molecule has 6 heteroatoms. The molecule has 0 radical (unpaired) electrons. The fourth-order valence-corrected chi connectivity index (χ4v) is 3.36. The molecule has 0 saturated carbocycles. The SMILES string of the molecule is CCn1nc(C)c(C(Nc2ccccc2C(O)(CC)C(C)C)OC)c1F. The molecule has 0 spiro atoms. The number of aliphatic hydroxyl groups is 1. The van der Waals surface area contributed by atoms with Gasteiger partial charge in [-0.1, -0.05) is 39.0 Å². The fourth-order valence-electron chi connectivity index (χ4n) is 3.36. The zero-order valence-corrected chi connectivity index (χ0v) is 16.5. The summed E-state index contributed by atoms with van der Waals surface area (Å²) < 4.78 is 21.5. The molecule has 0 aliphatic carbocycles. The van der Waals surface area contributed by atoms with Crippen LogP contribution >= 0.6 is 0 Å². The van der Waals surface area contributed by atoms with Crippen LogP contribution < -0.4 is 5.32 Å². The largest absolute Gasteiger partial charge is 0.385 e. The number of methoxy groups -OCH3 is 1. The van der Waals surface area contributed by atoms with Crippen molar-refractivity contribution in [2.45, 2.75) is 59.4 Å². The Balaban J connectivity index is 2.46. The number of nitrogens with zero attached hydrogens (tertiary/aromatic N) is 2. The summed E-state index contributed by atoms with van der Waals surface area (Å²) in [4.78, 5) is 0. The Bertz CT molecular complexity index is 745. The molecule has 0 bridgehead atoms. The summed E-state index contributed by atoms with van der Waals surface area (Å²) in [7, 11) is 1.52. The minimum absolute atomic E-state index is 0.0257. The van der Waals surface area contributed by atoms with Crippen molar-refractivity contribution < 1.29 is 14.2 Å². The summed E-state index contributed by atoms with van der Waals surface area (Å²) in [5, 5.41) is 18.7. The van der Waals surface area contributed by atoms with E-state index in [1.165, 1.54) is 11.8 Å². The van der Waals surface area contributed by atoms with Crippen LogP contribution in [0.5, 0.6) is 0 Å². The van der Waals surface area contributed by atoms with Gasteiger partial charge in [-0.15, -0.1) is 0 Å². The van der Waals surface area contributed by atoms with Crippen LogP contribution in [0.15, 0.2) is 24.3 Å². The van der Waals surface area contributed by atoms with E-state index in [4.69, 9.17) is 4.74 Å². The Labute approximate surface area is 155 Å². The molecular formula is C20H30FN3O2. The molecule has 2 aromatic rings. The number of aromatic nitrogens is 2. The lowest BCUT2D eigenvalue weighted by Crippen LogP contribution is -2.32. The topological polar surface area (TPSA) is 59.3 Å². The fraction of sp³-hybridized carbons (Fsp3) is 0.550. The number of para-hydroxylation sites is 1. The lowest BCUT2D eigenvalue weighted by molar-refractivity contribution is -0.0136. The summed E-state index contributed by atoms with van der Waals surface area (Å²) in [6.07, 6.45) is -0.132. The molecule has 0 aliphatic rings. The lowest BCUT2D eigenvalue weighted by atomic mass is 9.80. The number of ether oxygens (including phenoxy) is 1. The number of hydrogen-bond donors (Lipinski definition) is 2. The first kappa shape index (κ1) is 20.4. The summed E-state index contributed by atoms with van der Waals surface area (Å²) in [6.45, 7) is 9.99. The van der Waals surface area contributed by atoms with E-state index in [2.05, 4.69) is 10.4 Å². The van der Waals surface area contributed by atoms with Gasteiger partial charge in [0.1, 0.15) is 0 Å². The predicted molar refractivity (Wildman–Crippen MR) is 101 cm³/mol. The molecule has 1 aromatic heterocycles. The third-order valence-electron chi connectivity index (χ3n) is 5.08. The molecule has 0 amide bonds. The van der Waals surface area contributed by atoms with Crippen molar-refractivity contribution in [3.05, 3.63) is 47.0 Å². The molecule has 0 fully saturated rings. The molecule has 5 nitrogen and oxygen atoms in total.